The Morgan fingerprint density at radius 3 is 2.61 bits per heavy atom. The van der Waals surface area contributed by atoms with Crippen LogP contribution in [0.3, 0.4) is 0 Å². The third kappa shape index (κ3) is 5.12. The molecule has 1 saturated heterocycles. The summed E-state index contributed by atoms with van der Waals surface area (Å²) >= 11 is 0. The first kappa shape index (κ1) is 21.3. The fraction of sp³-hybridized carbons (Fsp3) is 0.360. The largest absolute Gasteiger partial charge is 0.360 e. The normalized spacial score (nSPS) is 17.3. The van der Waals surface area contributed by atoms with Crippen LogP contribution in [0, 0.1) is 5.92 Å². The van der Waals surface area contributed by atoms with Crippen LogP contribution < -0.4 is 16.0 Å². The first-order valence-corrected chi connectivity index (χ1v) is 11.5. The van der Waals surface area contributed by atoms with Gasteiger partial charge in [-0.15, -0.1) is 0 Å². The second kappa shape index (κ2) is 9.54. The molecule has 3 heterocycles. The maximum atomic E-state index is 13.1. The number of hydrogen-bond acceptors (Lipinski definition) is 6. The smallest absolute Gasteiger partial charge is 0.273 e. The monoisotopic (exact) mass is 445 g/mol. The quantitative estimate of drug-likeness (QED) is 0.512. The van der Waals surface area contributed by atoms with Crippen LogP contribution in [-0.4, -0.2) is 35.0 Å². The van der Waals surface area contributed by atoms with Gasteiger partial charge in [-0.3, -0.25) is 9.59 Å². The highest BCUT2D eigenvalue weighted by Crippen LogP contribution is 2.40. The molecule has 8 heteroatoms. The molecular formula is C25H27N5O3. The highest BCUT2D eigenvalue weighted by Gasteiger charge is 2.31. The van der Waals surface area contributed by atoms with Gasteiger partial charge in [0.1, 0.15) is 11.6 Å². The van der Waals surface area contributed by atoms with E-state index in [9.17, 15) is 9.59 Å². The molecular weight excluding hydrogens is 418 g/mol. The van der Waals surface area contributed by atoms with Crippen LogP contribution in [0.4, 0.5) is 5.82 Å². The Hall–Kier alpha value is -3.52. The molecule has 5 rings (SSSR count). The number of nitrogens with zero attached hydrogens (tertiary/aromatic N) is 2. The lowest BCUT2D eigenvalue weighted by molar-refractivity contribution is 0.0904. The third-order valence-corrected chi connectivity index (χ3v) is 6.30. The van der Waals surface area contributed by atoms with Gasteiger partial charge in [-0.25, -0.2) is 4.98 Å². The minimum absolute atomic E-state index is 0.233. The fourth-order valence-electron chi connectivity index (χ4n) is 4.32. The van der Waals surface area contributed by atoms with E-state index < -0.39 is 0 Å². The minimum Gasteiger partial charge on any atom is -0.360 e. The van der Waals surface area contributed by atoms with Crippen LogP contribution in [0.1, 0.15) is 69.8 Å². The van der Waals surface area contributed by atoms with E-state index in [-0.39, 0.29) is 23.8 Å². The summed E-state index contributed by atoms with van der Waals surface area (Å²) in [6.07, 6.45) is 5.67. The summed E-state index contributed by atoms with van der Waals surface area (Å²) in [7, 11) is 0. The number of anilines is 1. The summed E-state index contributed by atoms with van der Waals surface area (Å²) in [5, 5.41) is 13.4. The average Bonchev–Trinajstić information content (AvgIpc) is 3.59. The van der Waals surface area contributed by atoms with Gasteiger partial charge in [0, 0.05) is 23.7 Å². The molecule has 1 aromatic carbocycles. The van der Waals surface area contributed by atoms with Gasteiger partial charge >= 0.3 is 0 Å². The van der Waals surface area contributed by atoms with Crippen molar-refractivity contribution in [2.75, 3.05) is 18.4 Å². The molecule has 1 unspecified atom stereocenters. The van der Waals surface area contributed by atoms with Gasteiger partial charge in [-0.2, -0.15) is 0 Å². The molecule has 1 aliphatic carbocycles. The topological polar surface area (TPSA) is 109 Å². The van der Waals surface area contributed by atoms with E-state index in [1.54, 1.807) is 30.5 Å². The average molecular weight is 446 g/mol. The third-order valence-electron chi connectivity index (χ3n) is 6.30. The molecule has 1 atom stereocenters. The van der Waals surface area contributed by atoms with Crippen molar-refractivity contribution in [3.8, 4) is 0 Å². The van der Waals surface area contributed by atoms with Crippen molar-refractivity contribution >= 4 is 17.6 Å². The van der Waals surface area contributed by atoms with E-state index in [1.807, 2.05) is 24.3 Å². The number of rotatable bonds is 7. The van der Waals surface area contributed by atoms with Gasteiger partial charge in [0.25, 0.3) is 11.8 Å². The van der Waals surface area contributed by atoms with Crippen LogP contribution in [0.25, 0.3) is 0 Å². The van der Waals surface area contributed by atoms with Gasteiger partial charge < -0.3 is 20.5 Å². The van der Waals surface area contributed by atoms with Crippen molar-refractivity contribution in [2.24, 2.45) is 5.92 Å². The molecule has 8 nitrogen and oxygen atoms in total. The Kier molecular flexibility index (Phi) is 6.17. The Balaban J connectivity index is 1.37. The molecule has 0 bridgehead atoms. The van der Waals surface area contributed by atoms with E-state index in [2.05, 4.69) is 26.1 Å². The summed E-state index contributed by atoms with van der Waals surface area (Å²) in [5.41, 5.74) is 1.72. The second-order valence-electron chi connectivity index (χ2n) is 8.72. The predicted octanol–water partition coefficient (Wildman–Crippen LogP) is 3.67. The van der Waals surface area contributed by atoms with Crippen molar-refractivity contribution in [1.29, 1.82) is 0 Å². The molecule has 0 radical (unpaired) electrons. The number of hydrogen-bond donors (Lipinski definition) is 3. The minimum atomic E-state index is -0.252. The maximum absolute atomic E-state index is 13.1. The Bertz CT molecular complexity index is 1120. The standard InChI is InChI=1S/C25H27N5O3/c31-24(28-22-6-1-2-11-27-22)19-5-3-4-18(14-19)23(17-9-12-26-13-10-17)29-25(32)20-15-21(33-30-20)16-7-8-16/h1-6,11,14-17,23,26H,7-10,12-13H2,(H,29,32)(H,27,28,31). The number of carbonyl (C=O) groups is 2. The molecule has 0 spiro atoms. The van der Waals surface area contributed by atoms with Crippen LogP contribution in [0.5, 0.6) is 0 Å². The fourth-order valence-corrected chi connectivity index (χ4v) is 4.32. The lowest BCUT2D eigenvalue weighted by Crippen LogP contribution is -2.39. The first-order valence-electron chi connectivity index (χ1n) is 11.5. The Morgan fingerprint density at radius 1 is 1.00 bits per heavy atom. The van der Waals surface area contributed by atoms with E-state index in [4.69, 9.17) is 4.52 Å². The van der Waals surface area contributed by atoms with Gasteiger partial charge in [-0.05, 0) is 74.5 Å². The van der Waals surface area contributed by atoms with Crippen LogP contribution in [-0.2, 0) is 0 Å². The molecule has 2 aliphatic rings. The number of piperidine rings is 1. The van der Waals surface area contributed by atoms with E-state index in [0.717, 1.165) is 50.1 Å². The summed E-state index contributed by atoms with van der Waals surface area (Å²) in [4.78, 5) is 30.0. The highest BCUT2D eigenvalue weighted by molar-refractivity contribution is 6.03. The molecule has 1 aliphatic heterocycles. The van der Waals surface area contributed by atoms with Crippen molar-refractivity contribution in [3.63, 3.8) is 0 Å². The number of nitrogens with one attached hydrogen (secondary N) is 3. The van der Waals surface area contributed by atoms with Crippen molar-refractivity contribution in [1.82, 2.24) is 20.8 Å². The van der Waals surface area contributed by atoms with E-state index in [0.29, 0.717) is 23.0 Å². The van der Waals surface area contributed by atoms with Crippen LogP contribution >= 0.6 is 0 Å². The van der Waals surface area contributed by atoms with E-state index >= 15 is 0 Å². The van der Waals surface area contributed by atoms with Crippen LogP contribution in [0.15, 0.2) is 59.3 Å². The molecule has 3 N–H and O–H groups in total. The highest BCUT2D eigenvalue weighted by atomic mass is 16.5. The molecule has 3 aromatic rings. The number of benzene rings is 1. The van der Waals surface area contributed by atoms with Gasteiger partial charge in [0.2, 0.25) is 0 Å². The number of amides is 2. The number of aromatic nitrogens is 2. The number of carbonyl (C=O) groups excluding carboxylic acids is 2. The first-order chi connectivity index (χ1) is 16.2. The zero-order chi connectivity index (χ0) is 22.6. The number of pyridine rings is 1. The Labute approximate surface area is 192 Å². The molecule has 2 aromatic heterocycles. The van der Waals surface area contributed by atoms with E-state index in [1.165, 1.54) is 0 Å². The van der Waals surface area contributed by atoms with Gasteiger partial charge in [0.15, 0.2) is 5.69 Å². The lowest BCUT2D eigenvalue weighted by Gasteiger charge is -2.31. The van der Waals surface area contributed by atoms with Crippen molar-refractivity contribution in [2.45, 2.75) is 37.6 Å². The predicted molar refractivity (Wildman–Crippen MR) is 123 cm³/mol. The SMILES string of the molecule is O=C(Nc1ccccn1)c1cccc(C(NC(=O)c2cc(C3CC3)on2)C2CCNCC2)c1. The van der Waals surface area contributed by atoms with Gasteiger partial charge in [-0.1, -0.05) is 23.4 Å². The summed E-state index contributed by atoms with van der Waals surface area (Å²) in [6, 6.07) is 14.3. The maximum Gasteiger partial charge on any atom is 0.273 e. The van der Waals surface area contributed by atoms with Gasteiger partial charge in [0.05, 0.1) is 6.04 Å². The zero-order valence-electron chi connectivity index (χ0n) is 18.3. The zero-order valence-corrected chi connectivity index (χ0v) is 18.3. The summed E-state index contributed by atoms with van der Waals surface area (Å²) in [5.74, 6) is 1.43. The molecule has 2 amide bonds. The Morgan fingerprint density at radius 2 is 1.85 bits per heavy atom. The molecule has 2 fully saturated rings. The van der Waals surface area contributed by atoms with Crippen molar-refractivity contribution in [3.05, 3.63) is 77.3 Å². The summed E-state index contributed by atoms with van der Waals surface area (Å²) < 4.78 is 5.37. The van der Waals surface area contributed by atoms with Crippen molar-refractivity contribution < 1.29 is 14.1 Å². The molecule has 1 saturated carbocycles. The summed E-state index contributed by atoms with van der Waals surface area (Å²) in [6.45, 7) is 1.79. The lowest BCUT2D eigenvalue weighted by atomic mass is 9.85. The second-order valence-corrected chi connectivity index (χ2v) is 8.72. The molecule has 170 valence electrons. The van der Waals surface area contributed by atoms with Crippen LogP contribution in [0.2, 0.25) is 0 Å². The molecule has 33 heavy (non-hydrogen) atoms.